The zero-order valence-corrected chi connectivity index (χ0v) is 21.8. The van der Waals surface area contributed by atoms with Gasteiger partial charge in [-0.05, 0) is 70.0 Å². The number of likely N-dealkylation sites (tertiary alicyclic amines) is 1. The summed E-state index contributed by atoms with van der Waals surface area (Å²) >= 11 is 0. The molecule has 0 saturated carbocycles. The van der Waals surface area contributed by atoms with Gasteiger partial charge in [0.15, 0.2) is 0 Å². The van der Waals surface area contributed by atoms with Crippen molar-refractivity contribution < 1.29 is 19.2 Å². The average molecular weight is 501 g/mol. The van der Waals surface area contributed by atoms with Gasteiger partial charge in [-0.15, -0.1) is 0 Å². The van der Waals surface area contributed by atoms with Crippen molar-refractivity contribution in [3.8, 4) is 0 Å². The summed E-state index contributed by atoms with van der Waals surface area (Å²) in [6.45, 7) is 4.86. The van der Waals surface area contributed by atoms with Crippen LogP contribution in [0.4, 0.5) is 0 Å². The van der Waals surface area contributed by atoms with Crippen LogP contribution >= 0.6 is 0 Å². The molecule has 5 N–H and O–H groups in total. The van der Waals surface area contributed by atoms with Crippen LogP contribution in [0, 0.1) is 5.92 Å². The van der Waals surface area contributed by atoms with Gasteiger partial charge in [-0.1, -0.05) is 44.2 Å². The minimum atomic E-state index is -0.756. The van der Waals surface area contributed by atoms with Crippen molar-refractivity contribution in [3.63, 3.8) is 0 Å². The number of nitrogens with one attached hydrogen (secondary N) is 3. The number of nitrogens with two attached hydrogens (primary N) is 1. The smallest absolute Gasteiger partial charge is 0.245 e. The Bertz CT molecular complexity index is 848. The van der Waals surface area contributed by atoms with E-state index >= 15 is 0 Å². The summed E-state index contributed by atoms with van der Waals surface area (Å²) in [7, 11) is 1.72. The van der Waals surface area contributed by atoms with Crippen LogP contribution in [0.1, 0.15) is 57.9 Å². The van der Waals surface area contributed by atoms with Crippen molar-refractivity contribution in [2.45, 2.75) is 83.0 Å². The van der Waals surface area contributed by atoms with Gasteiger partial charge in [0.2, 0.25) is 24.0 Å². The summed E-state index contributed by atoms with van der Waals surface area (Å²) < 4.78 is 0. The first-order chi connectivity index (χ1) is 17.3. The van der Waals surface area contributed by atoms with Crippen molar-refractivity contribution in [3.05, 3.63) is 35.9 Å². The van der Waals surface area contributed by atoms with Crippen molar-refractivity contribution in [1.29, 1.82) is 0 Å². The van der Waals surface area contributed by atoms with Crippen LogP contribution in [0.15, 0.2) is 30.3 Å². The molecule has 3 amide bonds. The number of benzene rings is 1. The van der Waals surface area contributed by atoms with Crippen LogP contribution in [0.2, 0.25) is 0 Å². The van der Waals surface area contributed by atoms with Crippen LogP contribution in [-0.2, 0) is 25.6 Å². The van der Waals surface area contributed by atoms with E-state index in [-0.39, 0.29) is 23.6 Å². The first kappa shape index (κ1) is 29.5. The molecule has 0 spiro atoms. The van der Waals surface area contributed by atoms with Crippen LogP contribution in [0.25, 0.3) is 0 Å². The molecule has 1 aliphatic rings. The lowest BCUT2D eigenvalue weighted by atomic mass is 10.0. The van der Waals surface area contributed by atoms with Crippen LogP contribution in [0.5, 0.6) is 0 Å². The molecule has 1 fully saturated rings. The number of carbonyl (C=O) groups excluding carboxylic acids is 4. The standard InChI is InChI=1S/C27H42N5O4/c1-19(2)16-21(18-33)30-26(35)24-13-9-15-32(24)27(36)22(12-7-8-14-28)31-25(34)23(29-3)17-20-10-5-4-6-11-20/h4-6,10-11,19,21-24,29H,7-9,12-17,28H2,1-3H3,(H,30,35)(H,31,34)/t21-,22-,23-,24-/m0/s1. The number of likely N-dealkylation sites (N-methyl/N-ethyl adjacent to an activating group) is 1. The minimum Gasteiger partial charge on any atom is -0.344 e. The predicted octanol–water partition coefficient (Wildman–Crippen LogP) is 1.06. The van der Waals surface area contributed by atoms with Crippen LogP contribution < -0.4 is 21.7 Å². The van der Waals surface area contributed by atoms with Gasteiger partial charge in [0.05, 0.1) is 12.1 Å². The van der Waals surface area contributed by atoms with E-state index in [0.29, 0.717) is 51.6 Å². The number of hydrogen-bond acceptors (Lipinski definition) is 6. The summed E-state index contributed by atoms with van der Waals surface area (Å²) in [6.07, 6.45) is 5.91. The second-order valence-electron chi connectivity index (χ2n) is 9.87. The molecule has 1 saturated heterocycles. The van der Waals surface area contributed by atoms with Gasteiger partial charge in [0.1, 0.15) is 12.1 Å². The van der Waals surface area contributed by atoms with Gasteiger partial charge in [0, 0.05) is 6.54 Å². The third-order valence-corrected chi connectivity index (χ3v) is 6.51. The van der Waals surface area contributed by atoms with E-state index in [0.717, 1.165) is 12.0 Å². The number of hydrogen-bond donors (Lipinski definition) is 4. The zero-order chi connectivity index (χ0) is 26.5. The highest BCUT2D eigenvalue weighted by Crippen LogP contribution is 2.20. The fourth-order valence-corrected chi connectivity index (χ4v) is 4.58. The molecule has 1 radical (unpaired) electrons. The van der Waals surface area contributed by atoms with Crippen molar-refractivity contribution in [1.82, 2.24) is 20.9 Å². The predicted molar refractivity (Wildman–Crippen MR) is 140 cm³/mol. The SMILES string of the molecule is CN[C@@H](Cc1ccccc1)C(=O)N[C@@H](CCCCN)C(=O)N1CCC[C@H]1C(=O)N[C@H]([C]=O)CC(C)C. The molecule has 4 atom stereocenters. The Labute approximate surface area is 214 Å². The number of nitrogens with zero attached hydrogens (tertiary/aromatic N) is 1. The van der Waals surface area contributed by atoms with Crippen LogP contribution in [0.3, 0.4) is 0 Å². The lowest BCUT2D eigenvalue weighted by Gasteiger charge is -2.30. The Morgan fingerprint density at radius 1 is 1.11 bits per heavy atom. The van der Waals surface area contributed by atoms with Gasteiger partial charge in [-0.3, -0.25) is 19.2 Å². The van der Waals surface area contributed by atoms with Gasteiger partial charge >= 0.3 is 0 Å². The molecule has 0 bridgehead atoms. The Kier molecular flexibility index (Phi) is 12.6. The average Bonchev–Trinajstić information content (AvgIpc) is 3.36. The molecule has 9 heteroatoms. The molecule has 199 valence electrons. The van der Waals surface area contributed by atoms with Crippen LogP contribution in [-0.4, -0.2) is 73.2 Å². The van der Waals surface area contributed by atoms with Crippen molar-refractivity contribution >= 4 is 24.0 Å². The van der Waals surface area contributed by atoms with Gasteiger partial charge < -0.3 is 26.6 Å². The molecule has 1 aromatic rings. The number of carbonyl (C=O) groups is 3. The van der Waals surface area contributed by atoms with Gasteiger partial charge in [-0.2, -0.15) is 0 Å². The molecule has 1 aliphatic heterocycles. The molecular weight excluding hydrogens is 458 g/mol. The number of unbranched alkanes of at least 4 members (excludes halogenated alkanes) is 1. The normalized spacial score (nSPS) is 17.9. The fraction of sp³-hybridized carbons (Fsp3) is 0.630. The second-order valence-corrected chi connectivity index (χ2v) is 9.87. The zero-order valence-electron chi connectivity index (χ0n) is 21.8. The Morgan fingerprint density at radius 3 is 2.44 bits per heavy atom. The highest BCUT2D eigenvalue weighted by atomic mass is 16.2. The van der Waals surface area contributed by atoms with E-state index < -0.39 is 24.2 Å². The van der Waals surface area contributed by atoms with Gasteiger partial charge in [0.25, 0.3) is 0 Å². The molecule has 0 aliphatic carbocycles. The molecule has 0 unspecified atom stereocenters. The van der Waals surface area contributed by atoms with Crippen molar-refractivity contribution in [2.24, 2.45) is 11.7 Å². The quantitative estimate of drug-likeness (QED) is 0.266. The summed E-state index contributed by atoms with van der Waals surface area (Å²) in [5.41, 5.74) is 6.66. The van der Waals surface area contributed by atoms with E-state index in [4.69, 9.17) is 5.73 Å². The molecule has 1 heterocycles. The monoisotopic (exact) mass is 500 g/mol. The second kappa shape index (κ2) is 15.4. The number of rotatable bonds is 15. The van der Waals surface area contributed by atoms with Crippen molar-refractivity contribution in [2.75, 3.05) is 20.1 Å². The van der Waals surface area contributed by atoms with E-state index in [2.05, 4.69) is 16.0 Å². The Hall–Kier alpha value is -2.78. The minimum absolute atomic E-state index is 0.219. The largest absolute Gasteiger partial charge is 0.344 e. The third-order valence-electron chi connectivity index (χ3n) is 6.51. The lowest BCUT2D eigenvalue weighted by molar-refractivity contribution is -0.142. The van der Waals surface area contributed by atoms with E-state index in [1.54, 1.807) is 11.9 Å². The van der Waals surface area contributed by atoms with E-state index in [1.165, 1.54) is 0 Å². The maximum Gasteiger partial charge on any atom is 0.245 e. The van der Waals surface area contributed by atoms with E-state index in [9.17, 15) is 19.2 Å². The van der Waals surface area contributed by atoms with E-state index in [1.807, 2.05) is 50.5 Å². The Balaban J connectivity index is 2.11. The highest BCUT2D eigenvalue weighted by Gasteiger charge is 2.38. The maximum atomic E-state index is 13.6. The molecule has 9 nitrogen and oxygen atoms in total. The third kappa shape index (κ3) is 9.02. The summed E-state index contributed by atoms with van der Waals surface area (Å²) in [4.78, 5) is 52.6. The molecule has 36 heavy (non-hydrogen) atoms. The first-order valence-electron chi connectivity index (χ1n) is 13.0. The summed E-state index contributed by atoms with van der Waals surface area (Å²) in [5.74, 6) is -0.668. The topological polar surface area (TPSA) is 134 Å². The Morgan fingerprint density at radius 2 is 1.83 bits per heavy atom. The number of amides is 3. The highest BCUT2D eigenvalue weighted by molar-refractivity contribution is 5.94. The maximum absolute atomic E-state index is 13.6. The molecule has 0 aromatic heterocycles. The van der Waals surface area contributed by atoms with Gasteiger partial charge in [-0.25, -0.2) is 0 Å². The first-order valence-corrected chi connectivity index (χ1v) is 13.0. The molecule has 2 rings (SSSR count). The summed E-state index contributed by atoms with van der Waals surface area (Å²) in [5, 5.41) is 8.72. The molecule has 1 aromatic carbocycles. The summed E-state index contributed by atoms with van der Waals surface area (Å²) in [6, 6.07) is 7.05. The molecular formula is C27H42N5O4. The fourth-order valence-electron chi connectivity index (χ4n) is 4.58. The lowest BCUT2D eigenvalue weighted by Crippen LogP contribution is -2.56.